The summed E-state index contributed by atoms with van der Waals surface area (Å²) in [5, 5.41) is 8.84. The Balaban J connectivity index is 2.38. The van der Waals surface area contributed by atoms with Crippen LogP contribution in [0.25, 0.3) is 0 Å². The van der Waals surface area contributed by atoms with Gasteiger partial charge < -0.3 is 15.2 Å². The molecule has 0 aliphatic heterocycles. The highest BCUT2D eigenvalue weighted by Gasteiger charge is 2.10. The van der Waals surface area contributed by atoms with Gasteiger partial charge >= 0.3 is 0 Å². The van der Waals surface area contributed by atoms with Crippen molar-refractivity contribution in [2.24, 2.45) is 0 Å². The predicted molar refractivity (Wildman–Crippen MR) is 69.0 cm³/mol. The van der Waals surface area contributed by atoms with E-state index in [4.69, 9.17) is 20.5 Å². The fourth-order valence-electron chi connectivity index (χ4n) is 1.47. The van der Waals surface area contributed by atoms with Crippen LogP contribution in [0, 0.1) is 18.3 Å². The minimum Gasteiger partial charge on any atom is -0.493 e. The van der Waals surface area contributed by atoms with Crippen LogP contribution in [0.4, 0.5) is 5.95 Å². The fourth-order valence-corrected chi connectivity index (χ4v) is 1.47. The van der Waals surface area contributed by atoms with E-state index in [1.165, 1.54) is 7.11 Å². The van der Waals surface area contributed by atoms with E-state index in [1.54, 1.807) is 24.4 Å². The maximum absolute atomic E-state index is 8.84. The van der Waals surface area contributed by atoms with E-state index in [0.29, 0.717) is 22.9 Å². The summed E-state index contributed by atoms with van der Waals surface area (Å²) in [6, 6.07) is 6.91. The van der Waals surface area contributed by atoms with Crippen LogP contribution >= 0.6 is 0 Å². The molecule has 6 nitrogen and oxygen atoms in total. The molecule has 0 unspecified atom stereocenters. The third-order valence-electron chi connectivity index (χ3n) is 2.44. The molecule has 1 aromatic carbocycles. The fraction of sp³-hybridized carbons (Fsp3) is 0.154. The molecule has 0 saturated heterocycles. The monoisotopic (exact) mass is 256 g/mol. The Morgan fingerprint density at radius 3 is 2.79 bits per heavy atom. The van der Waals surface area contributed by atoms with Gasteiger partial charge in [-0.15, -0.1) is 0 Å². The second kappa shape index (κ2) is 5.23. The summed E-state index contributed by atoms with van der Waals surface area (Å²) in [5.41, 5.74) is 6.76. The van der Waals surface area contributed by atoms with Gasteiger partial charge in [-0.25, -0.2) is 4.98 Å². The van der Waals surface area contributed by atoms with Crippen LogP contribution in [0.1, 0.15) is 11.1 Å². The Morgan fingerprint density at radius 2 is 2.11 bits per heavy atom. The van der Waals surface area contributed by atoms with Gasteiger partial charge in [0.25, 0.3) is 0 Å². The molecule has 96 valence electrons. The van der Waals surface area contributed by atoms with Crippen molar-refractivity contribution in [3.63, 3.8) is 0 Å². The highest BCUT2D eigenvalue weighted by Crippen LogP contribution is 2.32. The minimum absolute atomic E-state index is 0.133. The first-order chi connectivity index (χ1) is 9.13. The predicted octanol–water partition coefficient (Wildman–Crippen LogP) is 2.04. The number of nitriles is 1. The van der Waals surface area contributed by atoms with Crippen molar-refractivity contribution in [3.8, 4) is 23.4 Å². The van der Waals surface area contributed by atoms with Crippen LogP contribution in [0.15, 0.2) is 24.4 Å². The van der Waals surface area contributed by atoms with Gasteiger partial charge in [0.2, 0.25) is 11.8 Å². The zero-order valence-corrected chi connectivity index (χ0v) is 10.5. The molecule has 0 saturated carbocycles. The quantitative estimate of drug-likeness (QED) is 0.903. The van der Waals surface area contributed by atoms with E-state index in [-0.39, 0.29) is 5.95 Å². The van der Waals surface area contributed by atoms with Gasteiger partial charge in [-0.05, 0) is 19.1 Å². The van der Waals surface area contributed by atoms with Gasteiger partial charge in [0.05, 0.1) is 18.7 Å². The molecule has 1 aromatic heterocycles. The molecule has 0 fully saturated rings. The maximum atomic E-state index is 8.84. The molecule has 0 radical (unpaired) electrons. The standard InChI is InChI=1S/C13H12N4O2/c1-8-7-16-13(15)17-12(8)19-10-4-3-9(6-14)5-11(10)18-2/h3-5,7H,1-2H3,(H2,15,16,17). The van der Waals surface area contributed by atoms with E-state index < -0.39 is 0 Å². The molecule has 2 N–H and O–H groups in total. The second-order valence-electron chi connectivity index (χ2n) is 3.80. The molecule has 1 heterocycles. The third-order valence-corrected chi connectivity index (χ3v) is 2.44. The highest BCUT2D eigenvalue weighted by molar-refractivity contribution is 5.48. The lowest BCUT2D eigenvalue weighted by Gasteiger charge is -2.11. The highest BCUT2D eigenvalue weighted by atomic mass is 16.5. The van der Waals surface area contributed by atoms with Crippen molar-refractivity contribution >= 4 is 5.95 Å². The molecule has 0 aliphatic carbocycles. The zero-order chi connectivity index (χ0) is 13.8. The van der Waals surface area contributed by atoms with Crippen molar-refractivity contribution in [2.75, 3.05) is 12.8 Å². The molecule has 6 heteroatoms. The zero-order valence-electron chi connectivity index (χ0n) is 10.5. The maximum Gasteiger partial charge on any atom is 0.227 e. The smallest absolute Gasteiger partial charge is 0.227 e. The van der Waals surface area contributed by atoms with Crippen LogP contribution in [-0.2, 0) is 0 Å². The summed E-state index contributed by atoms with van der Waals surface area (Å²) >= 11 is 0. The molecule has 19 heavy (non-hydrogen) atoms. The van der Waals surface area contributed by atoms with E-state index in [2.05, 4.69) is 9.97 Å². The van der Waals surface area contributed by atoms with E-state index >= 15 is 0 Å². The van der Waals surface area contributed by atoms with Gasteiger partial charge in [0.15, 0.2) is 11.5 Å². The van der Waals surface area contributed by atoms with E-state index in [9.17, 15) is 0 Å². The number of hydrogen-bond acceptors (Lipinski definition) is 6. The Kier molecular flexibility index (Phi) is 3.48. The van der Waals surface area contributed by atoms with Crippen LogP contribution in [0.2, 0.25) is 0 Å². The van der Waals surface area contributed by atoms with Gasteiger partial charge in [-0.2, -0.15) is 10.2 Å². The second-order valence-corrected chi connectivity index (χ2v) is 3.80. The number of rotatable bonds is 3. The number of aromatic nitrogens is 2. The number of aryl methyl sites for hydroxylation is 1. The Hall–Kier alpha value is -2.81. The Morgan fingerprint density at radius 1 is 1.32 bits per heavy atom. The van der Waals surface area contributed by atoms with Crippen LogP contribution in [0.5, 0.6) is 17.4 Å². The van der Waals surface area contributed by atoms with Crippen molar-refractivity contribution < 1.29 is 9.47 Å². The van der Waals surface area contributed by atoms with Crippen LogP contribution in [-0.4, -0.2) is 17.1 Å². The largest absolute Gasteiger partial charge is 0.493 e. The number of nitrogen functional groups attached to an aromatic ring is 1. The average Bonchev–Trinajstić information content (AvgIpc) is 2.43. The van der Waals surface area contributed by atoms with E-state index in [0.717, 1.165) is 5.56 Å². The van der Waals surface area contributed by atoms with Gasteiger partial charge in [-0.1, -0.05) is 0 Å². The molecule has 2 aromatic rings. The summed E-state index contributed by atoms with van der Waals surface area (Å²) in [7, 11) is 1.50. The van der Waals surface area contributed by atoms with Crippen LogP contribution < -0.4 is 15.2 Å². The van der Waals surface area contributed by atoms with Gasteiger partial charge in [0.1, 0.15) is 0 Å². The number of benzene rings is 1. The minimum atomic E-state index is 0.133. The summed E-state index contributed by atoms with van der Waals surface area (Å²) in [6.07, 6.45) is 1.58. The number of nitrogens with two attached hydrogens (primary N) is 1. The summed E-state index contributed by atoms with van der Waals surface area (Å²) in [5.74, 6) is 1.40. The molecular weight excluding hydrogens is 244 g/mol. The first-order valence-corrected chi connectivity index (χ1v) is 5.49. The van der Waals surface area contributed by atoms with Crippen molar-refractivity contribution in [1.82, 2.24) is 9.97 Å². The SMILES string of the molecule is COc1cc(C#N)ccc1Oc1nc(N)ncc1C. The van der Waals surface area contributed by atoms with E-state index in [1.807, 2.05) is 13.0 Å². The third kappa shape index (κ3) is 2.72. The topological polar surface area (TPSA) is 94.0 Å². The molecule has 0 spiro atoms. The Bertz CT molecular complexity index is 650. The molecule has 0 bridgehead atoms. The lowest BCUT2D eigenvalue weighted by Crippen LogP contribution is -2.00. The normalized spacial score (nSPS) is 9.74. The molecule has 2 rings (SSSR count). The van der Waals surface area contributed by atoms with Gasteiger partial charge in [0, 0.05) is 17.8 Å². The molecular formula is C13H12N4O2. The number of ether oxygens (including phenoxy) is 2. The summed E-state index contributed by atoms with van der Waals surface area (Å²) in [4.78, 5) is 7.87. The lowest BCUT2D eigenvalue weighted by atomic mass is 10.2. The summed E-state index contributed by atoms with van der Waals surface area (Å²) < 4.78 is 10.8. The van der Waals surface area contributed by atoms with Crippen LogP contribution in [0.3, 0.4) is 0 Å². The molecule has 0 amide bonds. The Labute approximate surface area is 110 Å². The molecule has 0 aliphatic rings. The number of nitrogens with zero attached hydrogens (tertiary/aromatic N) is 3. The van der Waals surface area contributed by atoms with Gasteiger partial charge in [-0.3, -0.25) is 0 Å². The molecule has 0 atom stereocenters. The summed E-state index contributed by atoms with van der Waals surface area (Å²) in [6.45, 7) is 1.81. The van der Waals surface area contributed by atoms with Crippen molar-refractivity contribution in [1.29, 1.82) is 5.26 Å². The first-order valence-electron chi connectivity index (χ1n) is 5.49. The first kappa shape index (κ1) is 12.6. The average molecular weight is 256 g/mol. The number of hydrogen-bond donors (Lipinski definition) is 1. The number of anilines is 1. The van der Waals surface area contributed by atoms with Crippen molar-refractivity contribution in [3.05, 3.63) is 35.5 Å². The number of methoxy groups -OCH3 is 1. The lowest BCUT2D eigenvalue weighted by molar-refractivity contribution is 0.373. The van der Waals surface area contributed by atoms with Crippen molar-refractivity contribution in [2.45, 2.75) is 6.92 Å².